The molecule has 0 saturated heterocycles. The number of methoxy groups -OCH3 is 1. The molecule has 202 valence electrons. The molecule has 0 fully saturated rings. The molecule has 2 atom stereocenters. The number of nitriles is 1. The van der Waals surface area contributed by atoms with Crippen LogP contribution in [-0.4, -0.2) is 66.5 Å². The molecule has 0 aromatic heterocycles. The number of nitrogens with one attached hydrogen (secondary N) is 2. The highest BCUT2D eigenvalue weighted by Crippen LogP contribution is 2.25. The first-order valence-electron chi connectivity index (χ1n) is 11.6. The normalized spacial score (nSPS) is 12.4. The summed E-state index contributed by atoms with van der Waals surface area (Å²) < 4.78 is 9.79. The molecular weight excluding hydrogens is 482 g/mol. The Labute approximate surface area is 216 Å². The van der Waals surface area contributed by atoms with Crippen molar-refractivity contribution in [2.24, 2.45) is 5.73 Å². The predicted octanol–water partition coefficient (Wildman–Crippen LogP) is 1.14. The Bertz CT molecular complexity index is 1060. The van der Waals surface area contributed by atoms with E-state index in [0.717, 1.165) is 23.1 Å². The molecule has 0 aliphatic rings. The van der Waals surface area contributed by atoms with Gasteiger partial charge >= 0.3 is 12.1 Å². The van der Waals surface area contributed by atoms with Gasteiger partial charge in [0.25, 0.3) is 0 Å². The molecule has 4 amide bonds. The number of nitrogens with two attached hydrogens (primary N) is 1. The van der Waals surface area contributed by atoms with E-state index >= 15 is 0 Å². The summed E-state index contributed by atoms with van der Waals surface area (Å²) in [5.74, 6) is -2.98. The highest BCUT2D eigenvalue weighted by Gasteiger charge is 2.36. The molecule has 0 spiro atoms. The average molecular weight is 518 g/mol. The van der Waals surface area contributed by atoms with Crippen molar-refractivity contribution in [2.75, 3.05) is 20.2 Å². The minimum Gasteiger partial charge on any atom is -0.468 e. The van der Waals surface area contributed by atoms with Crippen molar-refractivity contribution in [2.45, 2.75) is 65.1 Å². The van der Waals surface area contributed by atoms with Crippen LogP contribution in [-0.2, 0) is 28.7 Å². The molecule has 0 bridgehead atoms. The lowest BCUT2D eigenvalue weighted by atomic mass is 9.98. The monoisotopic (exact) mass is 517 g/mol. The van der Waals surface area contributed by atoms with Crippen LogP contribution < -0.4 is 16.4 Å². The largest absolute Gasteiger partial charge is 0.468 e. The van der Waals surface area contributed by atoms with Gasteiger partial charge in [0.2, 0.25) is 17.7 Å². The van der Waals surface area contributed by atoms with Crippen molar-refractivity contribution in [1.82, 2.24) is 15.5 Å². The van der Waals surface area contributed by atoms with E-state index in [1.807, 2.05) is 19.9 Å². The number of alkyl carbamates (subject to hydrolysis) is 1. The van der Waals surface area contributed by atoms with Gasteiger partial charge in [0.15, 0.2) is 0 Å². The second kappa shape index (κ2) is 13.8. The van der Waals surface area contributed by atoms with Crippen molar-refractivity contribution < 1.29 is 33.4 Å². The number of esters is 1. The number of amides is 4. The zero-order valence-corrected chi connectivity index (χ0v) is 22.0. The smallest absolute Gasteiger partial charge is 0.408 e. The SMILES string of the molecule is COC(=O)CNC(=O)C(c1ccc(C)c(C)c1)N(CC#N)C(=O)C(CCC(N)=O)NC(=O)OC(C)(C)C. The molecule has 0 radical (unpaired) electrons. The number of benzene rings is 1. The molecule has 1 aromatic carbocycles. The van der Waals surface area contributed by atoms with Gasteiger partial charge < -0.3 is 30.7 Å². The fraction of sp³-hybridized carbons (Fsp3) is 0.520. The quantitative estimate of drug-likeness (QED) is 0.288. The van der Waals surface area contributed by atoms with Gasteiger partial charge in [-0.05, 0) is 57.7 Å². The zero-order valence-electron chi connectivity index (χ0n) is 22.0. The van der Waals surface area contributed by atoms with E-state index in [0.29, 0.717) is 5.56 Å². The van der Waals surface area contributed by atoms with Gasteiger partial charge in [0, 0.05) is 6.42 Å². The summed E-state index contributed by atoms with van der Waals surface area (Å²) in [6.45, 7) is 7.59. The topological polar surface area (TPSA) is 181 Å². The van der Waals surface area contributed by atoms with Crippen LogP contribution in [0.2, 0.25) is 0 Å². The maximum Gasteiger partial charge on any atom is 0.408 e. The van der Waals surface area contributed by atoms with Crippen LogP contribution in [0.25, 0.3) is 0 Å². The minimum atomic E-state index is -1.34. The number of primary amides is 1. The standard InChI is InChI=1S/C25H35N5O7/c1-15-7-8-17(13-16(15)2)21(22(33)28-14-20(32)36-6)30(12-11-26)23(34)18(9-10-19(27)31)29-24(35)37-25(3,4)5/h7-8,13,18,21H,9-10,12,14H2,1-6H3,(H2,27,31)(H,28,33)(H,29,35). The molecule has 0 aliphatic carbocycles. The van der Waals surface area contributed by atoms with Crippen LogP contribution in [0.4, 0.5) is 4.79 Å². The lowest BCUT2D eigenvalue weighted by molar-refractivity contribution is -0.144. The first-order chi connectivity index (χ1) is 17.2. The highest BCUT2D eigenvalue weighted by atomic mass is 16.6. The molecule has 0 saturated carbocycles. The lowest BCUT2D eigenvalue weighted by Gasteiger charge is -2.33. The van der Waals surface area contributed by atoms with Gasteiger partial charge in [-0.2, -0.15) is 5.26 Å². The molecule has 0 heterocycles. The van der Waals surface area contributed by atoms with Crippen LogP contribution in [0.5, 0.6) is 0 Å². The van der Waals surface area contributed by atoms with Gasteiger partial charge in [-0.15, -0.1) is 0 Å². The van der Waals surface area contributed by atoms with Crippen LogP contribution in [0.15, 0.2) is 18.2 Å². The van der Waals surface area contributed by atoms with Crippen LogP contribution in [0.1, 0.15) is 56.3 Å². The molecule has 1 aromatic rings. The minimum absolute atomic E-state index is 0.196. The molecule has 4 N–H and O–H groups in total. The van der Waals surface area contributed by atoms with Gasteiger partial charge in [0.05, 0.1) is 13.2 Å². The number of rotatable bonds is 11. The Kier molecular flexibility index (Phi) is 11.5. The molecule has 1 rings (SSSR count). The number of ether oxygens (including phenoxy) is 2. The molecule has 37 heavy (non-hydrogen) atoms. The van der Waals surface area contributed by atoms with Gasteiger partial charge in [-0.25, -0.2) is 4.79 Å². The average Bonchev–Trinajstić information content (AvgIpc) is 2.80. The van der Waals surface area contributed by atoms with E-state index < -0.39 is 60.6 Å². The summed E-state index contributed by atoms with van der Waals surface area (Å²) in [5, 5.41) is 14.4. The summed E-state index contributed by atoms with van der Waals surface area (Å²) in [5.41, 5.74) is 6.51. The number of carbonyl (C=O) groups is 5. The summed E-state index contributed by atoms with van der Waals surface area (Å²) in [4.78, 5) is 63.4. The number of carbonyl (C=O) groups excluding carboxylic acids is 5. The third-order valence-electron chi connectivity index (χ3n) is 5.23. The fourth-order valence-electron chi connectivity index (χ4n) is 3.30. The Morgan fingerprint density at radius 1 is 1.14 bits per heavy atom. The van der Waals surface area contributed by atoms with E-state index in [9.17, 15) is 29.2 Å². The predicted molar refractivity (Wildman–Crippen MR) is 133 cm³/mol. The van der Waals surface area contributed by atoms with Crippen LogP contribution in [0, 0.1) is 25.2 Å². The van der Waals surface area contributed by atoms with E-state index in [-0.39, 0.29) is 12.8 Å². The van der Waals surface area contributed by atoms with Crippen molar-refractivity contribution in [1.29, 1.82) is 5.26 Å². The van der Waals surface area contributed by atoms with Crippen molar-refractivity contribution in [3.05, 3.63) is 34.9 Å². The fourth-order valence-corrected chi connectivity index (χ4v) is 3.30. The maximum atomic E-state index is 13.7. The van der Waals surface area contributed by atoms with Gasteiger partial charge in [-0.3, -0.25) is 19.2 Å². The lowest BCUT2D eigenvalue weighted by Crippen LogP contribution is -2.53. The number of hydrogen-bond acceptors (Lipinski definition) is 8. The Morgan fingerprint density at radius 3 is 2.30 bits per heavy atom. The zero-order chi connectivity index (χ0) is 28.3. The molecule has 2 unspecified atom stereocenters. The number of nitrogens with zero attached hydrogens (tertiary/aromatic N) is 2. The first-order valence-corrected chi connectivity index (χ1v) is 11.6. The van der Waals surface area contributed by atoms with E-state index in [1.54, 1.807) is 39.0 Å². The summed E-state index contributed by atoms with van der Waals surface area (Å²) in [6.07, 6.45) is -1.38. The van der Waals surface area contributed by atoms with Gasteiger partial charge in [0.1, 0.15) is 30.8 Å². The third kappa shape index (κ3) is 10.2. The summed E-state index contributed by atoms with van der Waals surface area (Å²) in [7, 11) is 1.16. The van der Waals surface area contributed by atoms with E-state index in [1.165, 1.54) is 0 Å². The Balaban J connectivity index is 3.49. The third-order valence-corrected chi connectivity index (χ3v) is 5.23. The van der Waals surface area contributed by atoms with Crippen molar-refractivity contribution in [3.8, 4) is 6.07 Å². The summed E-state index contributed by atoms with van der Waals surface area (Å²) in [6, 6.07) is 4.26. The van der Waals surface area contributed by atoms with E-state index in [2.05, 4.69) is 15.4 Å². The number of aryl methyl sites for hydroxylation is 2. The van der Waals surface area contributed by atoms with Crippen LogP contribution in [0.3, 0.4) is 0 Å². The molecule has 0 aliphatic heterocycles. The highest BCUT2D eigenvalue weighted by molar-refractivity contribution is 5.93. The molecule has 12 heteroatoms. The van der Waals surface area contributed by atoms with E-state index in [4.69, 9.17) is 10.5 Å². The summed E-state index contributed by atoms with van der Waals surface area (Å²) >= 11 is 0. The second-order valence-corrected chi connectivity index (χ2v) is 9.37. The van der Waals surface area contributed by atoms with Gasteiger partial charge in [-0.1, -0.05) is 18.2 Å². The molecular formula is C25H35N5O7. The Hall–Kier alpha value is -4.14. The second-order valence-electron chi connectivity index (χ2n) is 9.37. The molecule has 12 nitrogen and oxygen atoms in total. The van der Waals surface area contributed by atoms with Crippen molar-refractivity contribution >= 4 is 29.8 Å². The number of hydrogen-bond donors (Lipinski definition) is 3. The first kappa shape index (κ1) is 30.9. The van der Waals surface area contributed by atoms with Crippen LogP contribution >= 0.6 is 0 Å². The maximum absolute atomic E-state index is 13.7. The van der Waals surface area contributed by atoms with Crippen molar-refractivity contribution in [3.63, 3.8) is 0 Å². The Morgan fingerprint density at radius 2 is 1.78 bits per heavy atom.